The second kappa shape index (κ2) is 8.76. The van der Waals surface area contributed by atoms with Crippen LogP contribution in [0.3, 0.4) is 0 Å². The maximum Gasteiger partial charge on any atom is 0.407 e. The number of rotatable bonds is 5. The molecule has 1 amide bonds. The highest BCUT2D eigenvalue weighted by atomic mass is 79.9. The highest BCUT2D eigenvalue weighted by molar-refractivity contribution is 9.09. The van der Waals surface area contributed by atoms with Crippen LogP contribution in [0.25, 0.3) is 0 Å². The number of nitrogens with one attached hydrogen (secondary N) is 1. The van der Waals surface area contributed by atoms with Gasteiger partial charge in [0.15, 0.2) is 0 Å². The zero-order chi connectivity index (χ0) is 15.9. The number of alkyl carbamates (subject to hydrolysis) is 1. The largest absolute Gasteiger partial charge is 0.444 e. The second-order valence-electron chi connectivity index (χ2n) is 6.14. The molecule has 1 rings (SSSR count). The number of allylic oxidation sites excluding steroid dienone is 1. The van der Waals surface area contributed by atoms with Crippen LogP contribution in [0.4, 0.5) is 4.79 Å². The third-order valence-electron chi connectivity index (χ3n) is 3.02. The fourth-order valence-corrected chi connectivity index (χ4v) is 2.67. The Labute approximate surface area is 136 Å². The molecule has 21 heavy (non-hydrogen) atoms. The second-order valence-corrected chi connectivity index (χ2v) is 7.19. The number of ether oxygens (including phenoxy) is 2. The van der Waals surface area contributed by atoms with Gasteiger partial charge in [-0.15, -0.1) is 0 Å². The SMILES string of the molecule is C/C=C/[C@H](Br)[C@@H](CN1CCOCC1)NC(=O)OC(C)(C)C. The number of morpholine rings is 1. The Morgan fingerprint density at radius 2 is 2.05 bits per heavy atom. The summed E-state index contributed by atoms with van der Waals surface area (Å²) in [5, 5.41) is 2.96. The molecule has 1 saturated heterocycles. The average Bonchev–Trinajstić information content (AvgIpc) is 2.37. The molecule has 0 spiro atoms. The zero-order valence-electron chi connectivity index (χ0n) is 13.4. The van der Waals surface area contributed by atoms with E-state index in [1.54, 1.807) is 0 Å². The first-order valence-corrected chi connectivity index (χ1v) is 8.30. The molecule has 0 radical (unpaired) electrons. The Bertz CT molecular complexity index is 349. The Kier molecular flexibility index (Phi) is 7.70. The monoisotopic (exact) mass is 362 g/mol. The number of hydrogen-bond acceptors (Lipinski definition) is 4. The van der Waals surface area contributed by atoms with Crippen LogP contribution in [-0.2, 0) is 9.47 Å². The third kappa shape index (κ3) is 7.83. The van der Waals surface area contributed by atoms with E-state index in [4.69, 9.17) is 9.47 Å². The van der Waals surface area contributed by atoms with Gasteiger partial charge < -0.3 is 14.8 Å². The van der Waals surface area contributed by atoms with Crippen LogP contribution in [0.2, 0.25) is 0 Å². The van der Waals surface area contributed by atoms with Crippen LogP contribution in [0.1, 0.15) is 27.7 Å². The lowest BCUT2D eigenvalue weighted by Crippen LogP contribution is -2.51. The number of hydrogen-bond donors (Lipinski definition) is 1. The van der Waals surface area contributed by atoms with Crippen molar-refractivity contribution in [3.05, 3.63) is 12.2 Å². The molecule has 0 aromatic heterocycles. The zero-order valence-corrected chi connectivity index (χ0v) is 15.0. The van der Waals surface area contributed by atoms with Gasteiger partial charge >= 0.3 is 6.09 Å². The topological polar surface area (TPSA) is 50.8 Å². The molecule has 0 saturated carbocycles. The molecule has 1 N–H and O–H groups in total. The van der Waals surface area contributed by atoms with Crippen molar-refractivity contribution in [1.29, 1.82) is 0 Å². The average molecular weight is 363 g/mol. The molecule has 6 heteroatoms. The van der Waals surface area contributed by atoms with E-state index in [0.29, 0.717) is 0 Å². The van der Waals surface area contributed by atoms with Crippen molar-refractivity contribution in [2.75, 3.05) is 32.8 Å². The van der Waals surface area contributed by atoms with E-state index >= 15 is 0 Å². The molecule has 122 valence electrons. The van der Waals surface area contributed by atoms with Crippen LogP contribution >= 0.6 is 15.9 Å². The first kappa shape index (κ1) is 18.5. The predicted octanol–water partition coefficient (Wildman–Crippen LogP) is 2.55. The Morgan fingerprint density at radius 1 is 1.43 bits per heavy atom. The van der Waals surface area contributed by atoms with Crippen molar-refractivity contribution in [2.45, 2.75) is 44.2 Å². The van der Waals surface area contributed by atoms with E-state index in [0.717, 1.165) is 32.8 Å². The molecular weight excluding hydrogens is 336 g/mol. The van der Waals surface area contributed by atoms with Gasteiger partial charge in [0.05, 0.1) is 24.1 Å². The minimum absolute atomic E-state index is 0.0471. The summed E-state index contributed by atoms with van der Waals surface area (Å²) >= 11 is 3.62. The number of halogens is 1. The molecule has 0 bridgehead atoms. The predicted molar refractivity (Wildman–Crippen MR) is 87.9 cm³/mol. The fourth-order valence-electron chi connectivity index (χ4n) is 2.06. The van der Waals surface area contributed by atoms with Crippen LogP contribution in [-0.4, -0.2) is 60.3 Å². The van der Waals surface area contributed by atoms with Crippen molar-refractivity contribution in [2.24, 2.45) is 0 Å². The van der Waals surface area contributed by atoms with Crippen LogP contribution in [0, 0.1) is 0 Å². The molecule has 0 aromatic carbocycles. The number of nitrogens with zero attached hydrogens (tertiary/aromatic N) is 1. The molecule has 0 aliphatic carbocycles. The van der Waals surface area contributed by atoms with Crippen molar-refractivity contribution in [3.63, 3.8) is 0 Å². The molecule has 2 atom stereocenters. The molecule has 5 nitrogen and oxygen atoms in total. The Morgan fingerprint density at radius 3 is 2.57 bits per heavy atom. The summed E-state index contributed by atoms with van der Waals surface area (Å²) in [5.41, 5.74) is -0.490. The number of carbonyl (C=O) groups is 1. The molecule has 0 unspecified atom stereocenters. The number of alkyl halides is 1. The van der Waals surface area contributed by atoms with Gasteiger partial charge in [0, 0.05) is 19.6 Å². The van der Waals surface area contributed by atoms with Crippen LogP contribution in [0.15, 0.2) is 12.2 Å². The minimum atomic E-state index is -0.490. The molecule has 0 aromatic rings. The lowest BCUT2D eigenvalue weighted by atomic mass is 10.1. The molecule has 1 aliphatic heterocycles. The quantitative estimate of drug-likeness (QED) is 0.603. The molecule has 1 fully saturated rings. The van der Waals surface area contributed by atoms with Gasteiger partial charge in [-0.25, -0.2) is 4.79 Å². The first-order valence-electron chi connectivity index (χ1n) is 7.38. The lowest BCUT2D eigenvalue weighted by Gasteiger charge is -2.32. The highest BCUT2D eigenvalue weighted by Gasteiger charge is 2.25. The van der Waals surface area contributed by atoms with Gasteiger partial charge in [-0.2, -0.15) is 0 Å². The summed E-state index contributed by atoms with van der Waals surface area (Å²) in [6, 6.07) is -0.0471. The molecule has 1 aliphatic rings. The van der Waals surface area contributed by atoms with Crippen molar-refractivity contribution in [3.8, 4) is 0 Å². The lowest BCUT2D eigenvalue weighted by molar-refractivity contribution is 0.0295. The van der Waals surface area contributed by atoms with Crippen molar-refractivity contribution >= 4 is 22.0 Å². The first-order chi connectivity index (χ1) is 9.81. The standard InChI is InChI=1S/C15H27BrN2O3/c1-5-6-12(16)13(11-18-7-9-20-10-8-18)17-14(19)21-15(2,3)4/h5-6,12-13H,7-11H2,1-4H3,(H,17,19)/b6-5+/t12-,13+/m0/s1. The van der Waals surface area contributed by atoms with E-state index in [2.05, 4.69) is 26.1 Å². The normalized spacial score (nSPS) is 20.2. The van der Waals surface area contributed by atoms with E-state index in [1.165, 1.54) is 0 Å². The summed E-state index contributed by atoms with van der Waals surface area (Å²) in [7, 11) is 0. The van der Waals surface area contributed by atoms with Crippen LogP contribution in [0.5, 0.6) is 0 Å². The van der Waals surface area contributed by atoms with Gasteiger partial charge in [0.25, 0.3) is 0 Å². The van der Waals surface area contributed by atoms with E-state index < -0.39 is 5.60 Å². The minimum Gasteiger partial charge on any atom is -0.444 e. The van der Waals surface area contributed by atoms with E-state index in [-0.39, 0.29) is 17.0 Å². The van der Waals surface area contributed by atoms with Crippen molar-refractivity contribution < 1.29 is 14.3 Å². The maximum absolute atomic E-state index is 12.0. The fraction of sp³-hybridized carbons (Fsp3) is 0.800. The van der Waals surface area contributed by atoms with E-state index in [9.17, 15) is 4.79 Å². The summed E-state index contributed by atoms with van der Waals surface area (Å²) in [5.74, 6) is 0. The number of carbonyl (C=O) groups excluding carboxylic acids is 1. The molecule has 1 heterocycles. The van der Waals surface area contributed by atoms with Gasteiger partial charge in [-0.1, -0.05) is 28.1 Å². The molecular formula is C15H27BrN2O3. The highest BCUT2D eigenvalue weighted by Crippen LogP contribution is 2.13. The van der Waals surface area contributed by atoms with Gasteiger partial charge in [-0.3, -0.25) is 4.90 Å². The Balaban J connectivity index is 2.60. The summed E-state index contributed by atoms with van der Waals surface area (Å²) < 4.78 is 10.7. The van der Waals surface area contributed by atoms with Crippen LogP contribution < -0.4 is 5.32 Å². The smallest absolute Gasteiger partial charge is 0.407 e. The number of amides is 1. The summed E-state index contributed by atoms with van der Waals surface area (Å²) in [6.45, 7) is 11.6. The summed E-state index contributed by atoms with van der Waals surface area (Å²) in [4.78, 5) is 14.4. The summed E-state index contributed by atoms with van der Waals surface area (Å²) in [6.07, 6.45) is 3.63. The Hall–Kier alpha value is -0.590. The van der Waals surface area contributed by atoms with Gasteiger partial charge in [-0.05, 0) is 27.7 Å². The van der Waals surface area contributed by atoms with Gasteiger partial charge in [0.1, 0.15) is 5.60 Å². The van der Waals surface area contributed by atoms with Gasteiger partial charge in [0.2, 0.25) is 0 Å². The van der Waals surface area contributed by atoms with Crippen molar-refractivity contribution in [1.82, 2.24) is 10.2 Å². The third-order valence-corrected chi connectivity index (χ3v) is 3.96. The van der Waals surface area contributed by atoms with E-state index in [1.807, 2.05) is 39.8 Å². The maximum atomic E-state index is 12.0.